The van der Waals surface area contributed by atoms with Gasteiger partial charge in [0.05, 0.1) is 7.11 Å². The Balaban J connectivity index is 2.03. The van der Waals surface area contributed by atoms with Crippen molar-refractivity contribution in [3.8, 4) is 5.75 Å². The van der Waals surface area contributed by atoms with E-state index in [0.29, 0.717) is 18.2 Å². The monoisotopic (exact) mass is 328 g/mol. The Labute approximate surface area is 142 Å². The van der Waals surface area contributed by atoms with Crippen LogP contribution in [0, 0.1) is 6.92 Å². The largest absolute Gasteiger partial charge is 0.496 e. The van der Waals surface area contributed by atoms with Crippen molar-refractivity contribution < 1.29 is 9.53 Å². The third kappa shape index (κ3) is 4.94. The van der Waals surface area contributed by atoms with E-state index in [1.54, 1.807) is 13.2 Å². The van der Waals surface area contributed by atoms with Crippen LogP contribution in [-0.4, -0.2) is 29.5 Å². The van der Waals surface area contributed by atoms with E-state index < -0.39 is 0 Å². The predicted octanol–water partition coefficient (Wildman–Crippen LogP) is 2.94. The maximum atomic E-state index is 12.4. The van der Waals surface area contributed by atoms with Gasteiger partial charge in [0.25, 0.3) is 5.91 Å². The van der Waals surface area contributed by atoms with Crippen LogP contribution in [-0.2, 0) is 6.54 Å². The summed E-state index contributed by atoms with van der Waals surface area (Å²) in [7, 11) is 1.61. The third-order valence-corrected chi connectivity index (χ3v) is 3.53. The summed E-state index contributed by atoms with van der Waals surface area (Å²) in [6.45, 7) is 5.14. The van der Waals surface area contributed by atoms with Crippen LogP contribution in [0.3, 0.4) is 0 Å². The fraction of sp³-hybridized carbons (Fsp3) is 0.389. The first-order valence-electron chi connectivity index (χ1n) is 8.13. The molecule has 6 heteroatoms. The van der Waals surface area contributed by atoms with Gasteiger partial charge in [-0.1, -0.05) is 31.5 Å². The number of methoxy groups -OCH3 is 1. The van der Waals surface area contributed by atoms with Crippen molar-refractivity contribution in [3.05, 3.63) is 47.3 Å². The highest BCUT2D eigenvalue weighted by Crippen LogP contribution is 2.17. The molecule has 1 heterocycles. The van der Waals surface area contributed by atoms with E-state index in [4.69, 9.17) is 4.74 Å². The van der Waals surface area contributed by atoms with Crippen molar-refractivity contribution in [1.29, 1.82) is 0 Å². The molecule has 2 N–H and O–H groups in total. The van der Waals surface area contributed by atoms with Crippen molar-refractivity contribution >= 4 is 11.9 Å². The van der Waals surface area contributed by atoms with E-state index in [9.17, 15) is 4.79 Å². The Morgan fingerprint density at radius 3 is 2.79 bits per heavy atom. The second-order valence-corrected chi connectivity index (χ2v) is 5.49. The first kappa shape index (κ1) is 17.7. The van der Waals surface area contributed by atoms with Gasteiger partial charge in [-0.15, -0.1) is 0 Å². The molecular weight excluding hydrogens is 304 g/mol. The van der Waals surface area contributed by atoms with Crippen molar-refractivity contribution in [2.45, 2.75) is 33.2 Å². The quantitative estimate of drug-likeness (QED) is 0.729. The molecule has 0 saturated heterocycles. The molecule has 0 aliphatic heterocycles. The molecule has 2 rings (SSSR count). The smallest absolute Gasteiger partial charge is 0.270 e. The van der Waals surface area contributed by atoms with Crippen molar-refractivity contribution in [2.75, 3.05) is 19.0 Å². The zero-order valence-corrected chi connectivity index (χ0v) is 14.4. The van der Waals surface area contributed by atoms with Gasteiger partial charge in [0.1, 0.15) is 11.4 Å². The highest BCUT2D eigenvalue weighted by atomic mass is 16.5. The summed E-state index contributed by atoms with van der Waals surface area (Å²) in [6.07, 6.45) is 2.12. The van der Waals surface area contributed by atoms with Gasteiger partial charge in [-0.3, -0.25) is 4.79 Å². The van der Waals surface area contributed by atoms with Gasteiger partial charge in [-0.2, -0.15) is 0 Å². The number of aryl methyl sites for hydroxylation is 1. The molecule has 6 nitrogen and oxygen atoms in total. The molecule has 0 aliphatic carbocycles. The van der Waals surface area contributed by atoms with E-state index in [1.165, 1.54) is 0 Å². The highest BCUT2D eigenvalue weighted by Gasteiger charge is 2.11. The second kappa shape index (κ2) is 8.86. The number of aromatic nitrogens is 2. The van der Waals surface area contributed by atoms with Crippen LogP contribution in [0.25, 0.3) is 0 Å². The summed E-state index contributed by atoms with van der Waals surface area (Å²) in [4.78, 5) is 21.0. The molecule has 0 atom stereocenters. The number of nitrogens with one attached hydrogen (secondary N) is 2. The Hall–Kier alpha value is -2.63. The summed E-state index contributed by atoms with van der Waals surface area (Å²) in [6, 6.07) is 9.28. The van der Waals surface area contributed by atoms with Gasteiger partial charge in [-0.05, 0) is 25.5 Å². The normalized spacial score (nSPS) is 10.3. The van der Waals surface area contributed by atoms with E-state index in [-0.39, 0.29) is 5.91 Å². The summed E-state index contributed by atoms with van der Waals surface area (Å²) < 4.78 is 5.29. The Morgan fingerprint density at radius 1 is 1.25 bits per heavy atom. The van der Waals surface area contributed by atoms with Gasteiger partial charge in [-0.25, -0.2) is 9.97 Å². The zero-order chi connectivity index (χ0) is 17.4. The molecule has 0 spiro atoms. The Bertz CT molecular complexity index is 688. The number of carbonyl (C=O) groups is 1. The minimum Gasteiger partial charge on any atom is -0.496 e. The second-order valence-electron chi connectivity index (χ2n) is 5.49. The number of hydrogen-bond donors (Lipinski definition) is 2. The van der Waals surface area contributed by atoms with Crippen LogP contribution >= 0.6 is 0 Å². The van der Waals surface area contributed by atoms with Crippen LogP contribution in [0.2, 0.25) is 0 Å². The SMILES string of the molecule is CCCCNc1nc(C)cc(C(=O)NCc2ccccc2OC)n1. The molecule has 0 aliphatic rings. The molecule has 1 aromatic heterocycles. The number of hydrogen-bond acceptors (Lipinski definition) is 5. The number of ether oxygens (including phenoxy) is 1. The molecule has 1 aromatic carbocycles. The number of amides is 1. The van der Waals surface area contributed by atoms with E-state index in [1.807, 2.05) is 31.2 Å². The van der Waals surface area contributed by atoms with Gasteiger partial charge in [0.2, 0.25) is 5.95 Å². The van der Waals surface area contributed by atoms with Gasteiger partial charge < -0.3 is 15.4 Å². The molecular formula is C18H24N4O2. The van der Waals surface area contributed by atoms with Crippen LogP contribution in [0.1, 0.15) is 41.5 Å². The van der Waals surface area contributed by atoms with Crippen LogP contribution in [0.5, 0.6) is 5.75 Å². The summed E-state index contributed by atoms with van der Waals surface area (Å²) in [5.41, 5.74) is 2.03. The summed E-state index contributed by atoms with van der Waals surface area (Å²) in [5, 5.41) is 6.03. The van der Waals surface area contributed by atoms with Crippen LogP contribution < -0.4 is 15.4 Å². The van der Waals surface area contributed by atoms with E-state index in [2.05, 4.69) is 27.5 Å². The van der Waals surface area contributed by atoms with E-state index >= 15 is 0 Å². The molecule has 1 amide bonds. The number of anilines is 1. The first-order valence-corrected chi connectivity index (χ1v) is 8.13. The average Bonchev–Trinajstić information content (AvgIpc) is 2.59. The maximum Gasteiger partial charge on any atom is 0.270 e. The minimum atomic E-state index is -0.232. The lowest BCUT2D eigenvalue weighted by molar-refractivity contribution is 0.0945. The molecule has 0 radical (unpaired) electrons. The number of benzene rings is 1. The van der Waals surface area contributed by atoms with Crippen molar-refractivity contribution in [1.82, 2.24) is 15.3 Å². The third-order valence-electron chi connectivity index (χ3n) is 3.53. The number of carbonyl (C=O) groups excluding carboxylic acids is 1. The van der Waals surface area contributed by atoms with Crippen molar-refractivity contribution in [3.63, 3.8) is 0 Å². The molecule has 0 saturated carbocycles. The molecule has 0 bridgehead atoms. The predicted molar refractivity (Wildman–Crippen MR) is 94.3 cm³/mol. The summed E-state index contributed by atoms with van der Waals surface area (Å²) in [5.74, 6) is 1.01. The zero-order valence-electron chi connectivity index (χ0n) is 14.4. The fourth-order valence-corrected chi connectivity index (χ4v) is 2.26. The average molecular weight is 328 g/mol. The number of para-hydroxylation sites is 1. The van der Waals surface area contributed by atoms with Crippen LogP contribution in [0.15, 0.2) is 30.3 Å². The topological polar surface area (TPSA) is 76.1 Å². The first-order chi connectivity index (χ1) is 11.6. The molecule has 128 valence electrons. The standard InChI is InChI=1S/C18H24N4O2/c1-4-5-10-19-18-21-13(2)11-15(22-18)17(23)20-12-14-8-6-7-9-16(14)24-3/h6-9,11H,4-5,10,12H2,1-3H3,(H,20,23)(H,19,21,22). The molecule has 2 aromatic rings. The molecule has 24 heavy (non-hydrogen) atoms. The number of nitrogens with zero attached hydrogens (tertiary/aromatic N) is 2. The van der Waals surface area contributed by atoms with Gasteiger partial charge >= 0.3 is 0 Å². The fourth-order valence-electron chi connectivity index (χ4n) is 2.26. The minimum absolute atomic E-state index is 0.232. The Kier molecular flexibility index (Phi) is 6.54. The molecule has 0 fully saturated rings. The van der Waals surface area contributed by atoms with Crippen LogP contribution in [0.4, 0.5) is 5.95 Å². The lowest BCUT2D eigenvalue weighted by Gasteiger charge is -2.10. The van der Waals surface area contributed by atoms with E-state index in [0.717, 1.165) is 36.4 Å². The van der Waals surface area contributed by atoms with Crippen molar-refractivity contribution in [2.24, 2.45) is 0 Å². The van der Waals surface area contributed by atoms with Gasteiger partial charge in [0, 0.05) is 24.3 Å². The highest BCUT2D eigenvalue weighted by molar-refractivity contribution is 5.92. The lowest BCUT2D eigenvalue weighted by Crippen LogP contribution is -2.25. The Morgan fingerprint density at radius 2 is 2.04 bits per heavy atom. The number of rotatable bonds is 8. The van der Waals surface area contributed by atoms with Gasteiger partial charge in [0.15, 0.2) is 0 Å². The molecule has 0 unspecified atom stereocenters. The maximum absolute atomic E-state index is 12.4. The summed E-state index contributed by atoms with van der Waals surface area (Å²) >= 11 is 0. The number of unbranched alkanes of at least 4 members (excludes halogenated alkanes) is 1. The lowest BCUT2D eigenvalue weighted by atomic mass is 10.2.